The number of nitrogens with zero attached hydrogens (tertiary/aromatic N) is 1. The van der Waals surface area contributed by atoms with Gasteiger partial charge in [-0.05, 0) is 73.9 Å². The molecular weight excluding hydrogens is 276 g/mol. The number of benzene rings is 1. The molecule has 1 saturated carbocycles. The van der Waals surface area contributed by atoms with E-state index in [0.717, 1.165) is 44.5 Å². The Labute approximate surface area is 132 Å². The van der Waals surface area contributed by atoms with Crippen molar-refractivity contribution >= 4 is 11.7 Å². The molecule has 2 N–H and O–H groups in total. The largest absolute Gasteiger partial charge is 0.463 e. The predicted octanol–water partition coefficient (Wildman–Crippen LogP) is 2.85. The lowest BCUT2D eigenvalue weighted by atomic mass is 9.78. The highest BCUT2D eigenvalue weighted by Crippen LogP contribution is 2.39. The third-order valence-electron chi connectivity index (χ3n) is 4.98. The van der Waals surface area contributed by atoms with Crippen molar-refractivity contribution in [2.45, 2.75) is 57.6 Å². The van der Waals surface area contributed by atoms with Crippen molar-refractivity contribution < 1.29 is 9.53 Å². The second-order valence-electron chi connectivity index (χ2n) is 6.83. The molecule has 4 heteroatoms. The summed E-state index contributed by atoms with van der Waals surface area (Å²) in [6, 6.07) is 4.28. The summed E-state index contributed by atoms with van der Waals surface area (Å²) in [6.45, 7) is 3.58. The molecule has 0 saturated heterocycles. The fraction of sp³-hybridized carbons (Fsp3) is 0.611. The van der Waals surface area contributed by atoms with Gasteiger partial charge in [-0.15, -0.1) is 0 Å². The Morgan fingerprint density at radius 2 is 2.18 bits per heavy atom. The van der Waals surface area contributed by atoms with Crippen molar-refractivity contribution in [2.75, 3.05) is 19.3 Å². The van der Waals surface area contributed by atoms with E-state index in [1.165, 1.54) is 30.0 Å². The summed E-state index contributed by atoms with van der Waals surface area (Å²) in [4.78, 5) is 13.6. The number of nitrogen functional groups attached to an aromatic ring is 1. The van der Waals surface area contributed by atoms with Crippen LogP contribution in [0.1, 0.15) is 55.2 Å². The lowest BCUT2D eigenvalue weighted by Crippen LogP contribution is -2.29. The number of hydrogen-bond donors (Lipinski definition) is 1. The van der Waals surface area contributed by atoms with Crippen molar-refractivity contribution in [2.24, 2.45) is 0 Å². The monoisotopic (exact) mass is 302 g/mol. The maximum Gasteiger partial charge on any atom is 0.302 e. The van der Waals surface area contributed by atoms with Gasteiger partial charge in [-0.3, -0.25) is 4.79 Å². The van der Waals surface area contributed by atoms with Crippen LogP contribution >= 0.6 is 0 Å². The van der Waals surface area contributed by atoms with Crippen LogP contribution in [-0.4, -0.2) is 30.6 Å². The number of carbonyl (C=O) groups excluding carboxylic acids is 1. The Balaban J connectivity index is 1.86. The van der Waals surface area contributed by atoms with Crippen LogP contribution in [0.2, 0.25) is 0 Å². The first-order chi connectivity index (χ1) is 10.5. The van der Waals surface area contributed by atoms with Crippen molar-refractivity contribution in [3.05, 3.63) is 28.8 Å². The van der Waals surface area contributed by atoms with Crippen LogP contribution < -0.4 is 5.73 Å². The lowest BCUT2D eigenvalue weighted by molar-refractivity contribution is -0.147. The van der Waals surface area contributed by atoms with Crippen LogP contribution in [0, 0.1) is 0 Å². The van der Waals surface area contributed by atoms with E-state index in [1.54, 1.807) is 0 Å². The Morgan fingerprint density at radius 3 is 2.95 bits per heavy atom. The molecule has 120 valence electrons. The Kier molecular flexibility index (Phi) is 4.39. The normalized spacial score (nSPS) is 25.5. The standard InChI is InChI=1S/C18H26N2O2/c1-12(21)22-16-5-3-4-13(9-16)18-10-15(19)8-14-11-20(2)7-6-17(14)18/h8,10,13,16H,3-7,9,11,19H2,1-2H3. The predicted molar refractivity (Wildman–Crippen MR) is 87.7 cm³/mol. The zero-order chi connectivity index (χ0) is 15.7. The van der Waals surface area contributed by atoms with E-state index in [2.05, 4.69) is 24.1 Å². The molecule has 22 heavy (non-hydrogen) atoms. The molecular formula is C18H26N2O2. The molecule has 1 heterocycles. The van der Waals surface area contributed by atoms with Gasteiger partial charge in [-0.1, -0.05) is 0 Å². The highest BCUT2D eigenvalue weighted by Gasteiger charge is 2.28. The first-order valence-corrected chi connectivity index (χ1v) is 8.30. The van der Waals surface area contributed by atoms with Crippen LogP contribution in [0.25, 0.3) is 0 Å². The third-order valence-corrected chi connectivity index (χ3v) is 4.98. The van der Waals surface area contributed by atoms with E-state index in [9.17, 15) is 4.79 Å². The number of anilines is 1. The van der Waals surface area contributed by atoms with E-state index >= 15 is 0 Å². The van der Waals surface area contributed by atoms with E-state index < -0.39 is 0 Å². The number of ether oxygens (including phenoxy) is 1. The number of nitrogens with two attached hydrogens (primary N) is 1. The van der Waals surface area contributed by atoms with Gasteiger partial charge in [0.15, 0.2) is 0 Å². The third kappa shape index (κ3) is 3.27. The Morgan fingerprint density at radius 1 is 1.36 bits per heavy atom. The van der Waals surface area contributed by atoms with Gasteiger partial charge >= 0.3 is 5.97 Å². The maximum atomic E-state index is 11.2. The second kappa shape index (κ2) is 6.29. The lowest BCUT2D eigenvalue weighted by Gasteiger charge is -2.33. The molecule has 4 nitrogen and oxygen atoms in total. The molecule has 1 aliphatic heterocycles. The Hall–Kier alpha value is -1.55. The number of rotatable bonds is 2. The molecule has 0 amide bonds. The Bertz CT molecular complexity index is 570. The average molecular weight is 302 g/mol. The summed E-state index contributed by atoms with van der Waals surface area (Å²) >= 11 is 0. The minimum absolute atomic E-state index is 0.0691. The van der Waals surface area contributed by atoms with Gasteiger partial charge < -0.3 is 15.4 Å². The van der Waals surface area contributed by atoms with Gasteiger partial charge in [0.2, 0.25) is 0 Å². The summed E-state index contributed by atoms with van der Waals surface area (Å²) in [7, 11) is 2.16. The minimum Gasteiger partial charge on any atom is -0.463 e. The zero-order valence-electron chi connectivity index (χ0n) is 13.6. The van der Waals surface area contributed by atoms with Crippen molar-refractivity contribution in [3.63, 3.8) is 0 Å². The van der Waals surface area contributed by atoms with E-state index in [-0.39, 0.29) is 12.1 Å². The van der Waals surface area contributed by atoms with E-state index in [4.69, 9.17) is 10.5 Å². The first-order valence-electron chi connectivity index (χ1n) is 8.30. The van der Waals surface area contributed by atoms with Crippen LogP contribution in [0.4, 0.5) is 5.69 Å². The van der Waals surface area contributed by atoms with Crippen molar-refractivity contribution in [3.8, 4) is 0 Å². The molecule has 1 aromatic rings. The summed E-state index contributed by atoms with van der Waals surface area (Å²) in [5.41, 5.74) is 11.3. The van der Waals surface area contributed by atoms with Crippen LogP contribution in [0.3, 0.4) is 0 Å². The van der Waals surface area contributed by atoms with Crippen LogP contribution in [0.5, 0.6) is 0 Å². The number of likely N-dealkylation sites (N-methyl/N-ethyl adjacent to an activating group) is 1. The molecule has 0 bridgehead atoms. The molecule has 0 radical (unpaired) electrons. The SMILES string of the molecule is CC(=O)OC1CCCC(c2cc(N)cc3c2CCN(C)C3)C1. The number of carbonyl (C=O) groups is 1. The van der Waals surface area contributed by atoms with Gasteiger partial charge in [0, 0.05) is 25.7 Å². The molecule has 1 aromatic carbocycles. The van der Waals surface area contributed by atoms with Gasteiger partial charge in [0.05, 0.1) is 0 Å². The molecule has 2 unspecified atom stereocenters. The van der Waals surface area contributed by atoms with E-state index in [1.807, 2.05) is 0 Å². The molecule has 0 aromatic heterocycles. The summed E-state index contributed by atoms with van der Waals surface area (Å²) in [6.07, 6.45) is 5.38. The zero-order valence-corrected chi connectivity index (χ0v) is 13.6. The average Bonchev–Trinajstić information content (AvgIpc) is 2.45. The van der Waals surface area contributed by atoms with E-state index in [0.29, 0.717) is 5.92 Å². The summed E-state index contributed by atoms with van der Waals surface area (Å²) in [5, 5.41) is 0. The van der Waals surface area contributed by atoms with Gasteiger partial charge in [-0.25, -0.2) is 0 Å². The topological polar surface area (TPSA) is 55.6 Å². The number of esters is 1. The molecule has 3 rings (SSSR count). The van der Waals surface area contributed by atoms with Gasteiger partial charge in [0.1, 0.15) is 6.10 Å². The van der Waals surface area contributed by atoms with Gasteiger partial charge in [0.25, 0.3) is 0 Å². The molecule has 1 fully saturated rings. The fourth-order valence-electron chi connectivity index (χ4n) is 4.03. The molecule has 1 aliphatic carbocycles. The van der Waals surface area contributed by atoms with Crippen LogP contribution in [0.15, 0.2) is 12.1 Å². The van der Waals surface area contributed by atoms with Gasteiger partial charge in [-0.2, -0.15) is 0 Å². The smallest absolute Gasteiger partial charge is 0.302 e. The summed E-state index contributed by atoms with van der Waals surface area (Å²) < 4.78 is 5.46. The maximum absolute atomic E-state index is 11.2. The quantitative estimate of drug-likeness (QED) is 0.674. The second-order valence-corrected chi connectivity index (χ2v) is 6.83. The molecule has 0 spiro atoms. The van der Waals surface area contributed by atoms with Crippen molar-refractivity contribution in [1.29, 1.82) is 0 Å². The highest BCUT2D eigenvalue weighted by atomic mass is 16.5. The first kappa shape index (κ1) is 15.3. The minimum atomic E-state index is -0.165. The fourth-order valence-corrected chi connectivity index (χ4v) is 4.03. The van der Waals surface area contributed by atoms with Crippen LogP contribution in [-0.2, 0) is 22.5 Å². The number of fused-ring (bicyclic) bond motifs is 1. The molecule has 2 aliphatic rings. The molecule has 2 atom stereocenters. The highest BCUT2D eigenvalue weighted by molar-refractivity contribution is 5.66. The van der Waals surface area contributed by atoms with Crippen molar-refractivity contribution in [1.82, 2.24) is 4.90 Å². The number of hydrogen-bond acceptors (Lipinski definition) is 4. The summed E-state index contributed by atoms with van der Waals surface area (Å²) in [5.74, 6) is 0.306.